The maximum atomic E-state index is 4.41. The molecular formula is C11H16N4. The molecule has 4 heteroatoms. The molecule has 2 saturated heterocycles. The van der Waals surface area contributed by atoms with Crippen molar-refractivity contribution in [3.8, 4) is 0 Å². The monoisotopic (exact) mass is 204 g/mol. The predicted octanol–water partition coefficient (Wildman–Crippen LogP) is 0.759. The highest BCUT2D eigenvalue weighted by atomic mass is 15.3. The van der Waals surface area contributed by atoms with Gasteiger partial charge in [0.1, 0.15) is 5.82 Å². The molecule has 2 fully saturated rings. The molecule has 1 aromatic heterocycles. The van der Waals surface area contributed by atoms with E-state index in [2.05, 4.69) is 26.8 Å². The van der Waals surface area contributed by atoms with Crippen LogP contribution in [0.1, 0.15) is 12.8 Å². The van der Waals surface area contributed by atoms with E-state index < -0.39 is 0 Å². The molecule has 0 N–H and O–H groups in total. The van der Waals surface area contributed by atoms with E-state index in [9.17, 15) is 0 Å². The van der Waals surface area contributed by atoms with Crippen LogP contribution in [0.15, 0.2) is 18.6 Å². The summed E-state index contributed by atoms with van der Waals surface area (Å²) in [6, 6.07) is 1.29. The molecule has 4 nitrogen and oxygen atoms in total. The number of hydrogen-bond donors (Lipinski definition) is 0. The standard InChI is InChI=1S/C11H16N4/c1-14-7-9-2-3-10(8-14)15(9)11-6-12-4-5-13-11/h4-6,9-10H,2-3,7-8H2,1H3. The van der Waals surface area contributed by atoms with E-state index in [1.54, 1.807) is 12.4 Å². The number of anilines is 1. The van der Waals surface area contributed by atoms with Crippen LogP contribution in [-0.2, 0) is 0 Å². The van der Waals surface area contributed by atoms with Crippen molar-refractivity contribution >= 4 is 5.82 Å². The first-order valence-corrected chi connectivity index (χ1v) is 5.57. The summed E-state index contributed by atoms with van der Waals surface area (Å²) in [5.41, 5.74) is 0. The minimum Gasteiger partial charge on any atom is -0.347 e. The highest BCUT2D eigenvalue weighted by Crippen LogP contribution is 2.32. The van der Waals surface area contributed by atoms with Crippen LogP contribution in [0.25, 0.3) is 0 Å². The van der Waals surface area contributed by atoms with E-state index in [4.69, 9.17) is 0 Å². The van der Waals surface area contributed by atoms with Gasteiger partial charge in [-0.25, -0.2) is 4.98 Å². The Hall–Kier alpha value is -1.16. The zero-order chi connectivity index (χ0) is 10.3. The van der Waals surface area contributed by atoms with E-state index in [1.807, 2.05) is 6.20 Å². The predicted molar refractivity (Wildman–Crippen MR) is 58.8 cm³/mol. The second-order valence-electron chi connectivity index (χ2n) is 4.58. The molecule has 0 saturated carbocycles. The normalized spacial score (nSPS) is 30.9. The smallest absolute Gasteiger partial charge is 0.147 e. The molecule has 0 aromatic carbocycles. The Labute approximate surface area is 89.9 Å². The number of aromatic nitrogens is 2. The van der Waals surface area contributed by atoms with Gasteiger partial charge in [-0.1, -0.05) is 0 Å². The fourth-order valence-electron chi connectivity index (χ4n) is 2.91. The molecule has 2 aliphatic heterocycles. The zero-order valence-corrected chi connectivity index (χ0v) is 9.00. The minimum atomic E-state index is 0.644. The number of piperazine rings is 1. The van der Waals surface area contributed by atoms with Crippen molar-refractivity contribution in [1.82, 2.24) is 14.9 Å². The molecule has 0 amide bonds. The molecule has 1 aromatic rings. The van der Waals surface area contributed by atoms with Crippen LogP contribution < -0.4 is 4.90 Å². The van der Waals surface area contributed by atoms with E-state index in [0.717, 1.165) is 18.9 Å². The van der Waals surface area contributed by atoms with Crippen molar-refractivity contribution in [3.63, 3.8) is 0 Å². The molecule has 2 unspecified atom stereocenters. The topological polar surface area (TPSA) is 32.3 Å². The van der Waals surface area contributed by atoms with Crippen molar-refractivity contribution in [2.24, 2.45) is 0 Å². The first-order valence-electron chi connectivity index (χ1n) is 5.57. The first-order chi connectivity index (χ1) is 7.34. The third-order valence-corrected chi connectivity index (χ3v) is 3.48. The van der Waals surface area contributed by atoms with Gasteiger partial charge in [-0.2, -0.15) is 0 Å². The van der Waals surface area contributed by atoms with Crippen molar-refractivity contribution in [1.29, 1.82) is 0 Å². The van der Waals surface area contributed by atoms with E-state index >= 15 is 0 Å². The third kappa shape index (κ3) is 1.49. The fourth-order valence-corrected chi connectivity index (χ4v) is 2.91. The Morgan fingerprint density at radius 2 is 1.93 bits per heavy atom. The number of fused-ring (bicyclic) bond motifs is 2. The number of rotatable bonds is 1. The fraction of sp³-hybridized carbons (Fsp3) is 0.636. The SMILES string of the molecule is CN1CC2CCC(C1)N2c1cnccn1. The Bertz CT molecular complexity index is 326. The maximum Gasteiger partial charge on any atom is 0.147 e. The average Bonchev–Trinajstić information content (AvgIpc) is 2.53. The summed E-state index contributed by atoms with van der Waals surface area (Å²) >= 11 is 0. The molecule has 0 spiro atoms. The van der Waals surface area contributed by atoms with Crippen LogP contribution in [0, 0.1) is 0 Å². The number of likely N-dealkylation sites (N-methyl/N-ethyl adjacent to an activating group) is 1. The lowest BCUT2D eigenvalue weighted by Crippen LogP contribution is -2.52. The van der Waals surface area contributed by atoms with Crippen LogP contribution in [0.2, 0.25) is 0 Å². The first kappa shape index (κ1) is 9.09. The Kier molecular flexibility index (Phi) is 2.09. The largest absolute Gasteiger partial charge is 0.347 e. The van der Waals surface area contributed by atoms with Gasteiger partial charge >= 0.3 is 0 Å². The number of likely N-dealkylation sites (tertiary alicyclic amines) is 1. The molecule has 3 heterocycles. The molecule has 0 radical (unpaired) electrons. The molecule has 0 aliphatic carbocycles. The Balaban J connectivity index is 1.89. The van der Waals surface area contributed by atoms with Gasteiger partial charge in [-0.3, -0.25) is 4.98 Å². The lowest BCUT2D eigenvalue weighted by atomic mass is 10.2. The molecular weight excluding hydrogens is 188 g/mol. The highest BCUT2D eigenvalue weighted by molar-refractivity contribution is 5.41. The van der Waals surface area contributed by atoms with Crippen molar-refractivity contribution in [2.75, 3.05) is 25.0 Å². The third-order valence-electron chi connectivity index (χ3n) is 3.48. The molecule has 2 bridgehead atoms. The second-order valence-corrected chi connectivity index (χ2v) is 4.58. The average molecular weight is 204 g/mol. The second kappa shape index (κ2) is 3.45. The summed E-state index contributed by atoms with van der Waals surface area (Å²) in [6.07, 6.45) is 8.00. The van der Waals surface area contributed by atoms with Gasteiger partial charge < -0.3 is 9.80 Å². The van der Waals surface area contributed by atoms with Crippen molar-refractivity contribution < 1.29 is 0 Å². The molecule has 15 heavy (non-hydrogen) atoms. The molecule has 80 valence electrons. The van der Waals surface area contributed by atoms with Gasteiger partial charge in [0.05, 0.1) is 6.20 Å². The van der Waals surface area contributed by atoms with Gasteiger partial charge in [0.15, 0.2) is 0 Å². The van der Waals surface area contributed by atoms with Gasteiger partial charge in [-0.15, -0.1) is 0 Å². The summed E-state index contributed by atoms with van der Waals surface area (Å²) in [5.74, 6) is 1.05. The number of nitrogens with zero attached hydrogens (tertiary/aromatic N) is 4. The molecule has 2 aliphatic rings. The summed E-state index contributed by atoms with van der Waals surface area (Å²) < 4.78 is 0. The maximum absolute atomic E-state index is 4.41. The van der Waals surface area contributed by atoms with Gasteiger partial charge in [-0.05, 0) is 19.9 Å². The van der Waals surface area contributed by atoms with Gasteiger partial charge in [0.25, 0.3) is 0 Å². The Morgan fingerprint density at radius 1 is 1.20 bits per heavy atom. The van der Waals surface area contributed by atoms with Gasteiger partial charge in [0.2, 0.25) is 0 Å². The van der Waals surface area contributed by atoms with Crippen LogP contribution in [-0.4, -0.2) is 47.1 Å². The van der Waals surface area contributed by atoms with Crippen molar-refractivity contribution in [3.05, 3.63) is 18.6 Å². The lowest BCUT2D eigenvalue weighted by Gasteiger charge is -2.40. The van der Waals surface area contributed by atoms with Crippen LogP contribution in [0.4, 0.5) is 5.82 Å². The molecule has 3 rings (SSSR count). The van der Waals surface area contributed by atoms with Gasteiger partial charge in [0, 0.05) is 37.6 Å². The summed E-state index contributed by atoms with van der Waals surface area (Å²) in [4.78, 5) is 13.5. The molecule has 2 atom stereocenters. The lowest BCUT2D eigenvalue weighted by molar-refractivity contribution is 0.263. The van der Waals surface area contributed by atoms with Crippen LogP contribution >= 0.6 is 0 Å². The van der Waals surface area contributed by atoms with E-state index in [-0.39, 0.29) is 0 Å². The van der Waals surface area contributed by atoms with Crippen LogP contribution in [0.5, 0.6) is 0 Å². The minimum absolute atomic E-state index is 0.644. The summed E-state index contributed by atoms with van der Waals surface area (Å²) in [6.45, 7) is 2.32. The zero-order valence-electron chi connectivity index (χ0n) is 9.00. The highest BCUT2D eigenvalue weighted by Gasteiger charge is 2.39. The Morgan fingerprint density at radius 3 is 2.53 bits per heavy atom. The van der Waals surface area contributed by atoms with E-state index in [1.165, 1.54) is 12.8 Å². The van der Waals surface area contributed by atoms with E-state index in [0.29, 0.717) is 12.1 Å². The van der Waals surface area contributed by atoms with Crippen molar-refractivity contribution in [2.45, 2.75) is 24.9 Å². The van der Waals surface area contributed by atoms with Crippen LogP contribution in [0.3, 0.4) is 0 Å². The summed E-state index contributed by atoms with van der Waals surface area (Å²) in [7, 11) is 2.21. The number of hydrogen-bond acceptors (Lipinski definition) is 4. The summed E-state index contributed by atoms with van der Waals surface area (Å²) in [5, 5.41) is 0. The quantitative estimate of drug-likeness (QED) is 0.676.